The largest absolute Gasteiger partial charge is 0.484 e. The fourth-order valence-corrected chi connectivity index (χ4v) is 3.18. The zero-order valence-electron chi connectivity index (χ0n) is 17.8. The topological polar surface area (TPSA) is 63.2 Å². The van der Waals surface area contributed by atoms with Gasteiger partial charge in [-0.2, -0.15) is 0 Å². The molecule has 3 aromatic carbocycles. The molecule has 0 aromatic heterocycles. The van der Waals surface area contributed by atoms with Crippen LogP contribution in [0.2, 0.25) is 0 Å². The van der Waals surface area contributed by atoms with E-state index in [9.17, 15) is 4.79 Å². The van der Waals surface area contributed by atoms with Crippen LogP contribution in [-0.4, -0.2) is 36.3 Å². The Morgan fingerprint density at radius 3 is 2.55 bits per heavy atom. The number of fused-ring (bicyclic) bond motifs is 2. The molecule has 0 fully saturated rings. The lowest BCUT2D eigenvalue weighted by atomic mass is 10.1. The van der Waals surface area contributed by atoms with Gasteiger partial charge in [-0.1, -0.05) is 30.3 Å². The number of hydrogen-bond donors (Lipinski definition) is 1. The Hall–Kier alpha value is -3.80. The number of nitrogens with zero attached hydrogens (tertiary/aromatic N) is 2. The summed E-state index contributed by atoms with van der Waals surface area (Å²) in [7, 11) is 2.00. The molecule has 6 heteroatoms. The van der Waals surface area contributed by atoms with E-state index in [0.29, 0.717) is 22.9 Å². The first-order valence-corrected chi connectivity index (χ1v) is 10.2. The van der Waals surface area contributed by atoms with Gasteiger partial charge in [0, 0.05) is 18.8 Å². The SMILES string of the molecule is CC(C)N(C)C1=Nc2ccccc2Oc2ccc(NC(=O)COc3ccccc3)cc21. The van der Waals surface area contributed by atoms with Crippen molar-refractivity contribution in [3.8, 4) is 17.2 Å². The van der Waals surface area contributed by atoms with Crippen LogP contribution < -0.4 is 14.8 Å². The summed E-state index contributed by atoms with van der Waals surface area (Å²) >= 11 is 0. The molecule has 0 atom stereocenters. The number of hydrogen-bond acceptors (Lipinski definition) is 5. The van der Waals surface area contributed by atoms with Gasteiger partial charge in [0.05, 0.1) is 5.56 Å². The molecule has 1 heterocycles. The van der Waals surface area contributed by atoms with Crippen molar-refractivity contribution < 1.29 is 14.3 Å². The van der Waals surface area contributed by atoms with E-state index in [1.165, 1.54) is 0 Å². The number of benzene rings is 3. The molecule has 158 valence electrons. The first-order valence-electron chi connectivity index (χ1n) is 10.2. The summed E-state index contributed by atoms with van der Waals surface area (Å²) in [6.45, 7) is 4.13. The Bertz CT molecular complexity index is 1110. The van der Waals surface area contributed by atoms with Crippen LogP contribution in [0.25, 0.3) is 0 Å². The van der Waals surface area contributed by atoms with Crippen molar-refractivity contribution in [3.05, 3.63) is 78.4 Å². The summed E-state index contributed by atoms with van der Waals surface area (Å²) in [6, 6.07) is 22.7. The van der Waals surface area contributed by atoms with E-state index in [-0.39, 0.29) is 18.6 Å². The van der Waals surface area contributed by atoms with Crippen molar-refractivity contribution in [1.29, 1.82) is 0 Å². The standard InChI is InChI=1S/C25H25N3O3/c1-17(2)28(3)25-20-15-18(26-24(29)16-30-19-9-5-4-6-10-19)13-14-22(20)31-23-12-8-7-11-21(23)27-25/h4-15,17H,16H2,1-3H3,(H,26,29). The number of ether oxygens (including phenoxy) is 2. The van der Waals surface area contributed by atoms with Crippen molar-refractivity contribution in [2.75, 3.05) is 19.0 Å². The van der Waals surface area contributed by atoms with Crippen LogP contribution in [0.5, 0.6) is 17.2 Å². The maximum Gasteiger partial charge on any atom is 0.262 e. The molecule has 1 aliphatic rings. The second kappa shape index (κ2) is 8.92. The van der Waals surface area contributed by atoms with Crippen LogP contribution >= 0.6 is 0 Å². The number of carbonyl (C=O) groups excluding carboxylic acids is 1. The first kappa shape index (κ1) is 20.5. The third-order valence-corrected chi connectivity index (χ3v) is 5.04. The summed E-state index contributed by atoms with van der Waals surface area (Å²) in [4.78, 5) is 19.4. The van der Waals surface area contributed by atoms with Crippen LogP contribution in [0.3, 0.4) is 0 Å². The molecule has 0 spiro atoms. The zero-order valence-corrected chi connectivity index (χ0v) is 17.8. The number of nitrogens with one attached hydrogen (secondary N) is 1. The zero-order chi connectivity index (χ0) is 21.8. The lowest BCUT2D eigenvalue weighted by molar-refractivity contribution is -0.118. The molecule has 0 saturated heterocycles. The molecular formula is C25H25N3O3. The van der Waals surface area contributed by atoms with Crippen molar-refractivity contribution in [1.82, 2.24) is 4.90 Å². The second-order valence-corrected chi connectivity index (χ2v) is 7.57. The molecule has 0 radical (unpaired) electrons. The van der Waals surface area contributed by atoms with E-state index in [0.717, 1.165) is 17.1 Å². The number of carbonyl (C=O) groups is 1. The summed E-state index contributed by atoms with van der Waals surface area (Å²) in [5.41, 5.74) is 2.23. The number of rotatable bonds is 5. The van der Waals surface area contributed by atoms with E-state index in [4.69, 9.17) is 14.5 Å². The molecule has 31 heavy (non-hydrogen) atoms. The summed E-state index contributed by atoms with van der Waals surface area (Å²) in [5.74, 6) is 2.58. The van der Waals surface area contributed by atoms with E-state index < -0.39 is 0 Å². The van der Waals surface area contributed by atoms with E-state index >= 15 is 0 Å². The molecular weight excluding hydrogens is 390 g/mol. The van der Waals surface area contributed by atoms with Crippen LogP contribution in [0.1, 0.15) is 19.4 Å². The highest BCUT2D eigenvalue weighted by Gasteiger charge is 2.23. The van der Waals surface area contributed by atoms with Crippen LogP contribution in [-0.2, 0) is 4.79 Å². The highest BCUT2D eigenvalue weighted by Crippen LogP contribution is 2.38. The maximum absolute atomic E-state index is 12.4. The number of aliphatic imine (C=N–C) groups is 1. The van der Waals surface area contributed by atoms with Gasteiger partial charge in [0.1, 0.15) is 23.0 Å². The minimum Gasteiger partial charge on any atom is -0.484 e. The normalized spacial score (nSPS) is 12.1. The Balaban J connectivity index is 1.60. The van der Waals surface area contributed by atoms with Gasteiger partial charge in [-0.3, -0.25) is 4.79 Å². The molecule has 1 amide bonds. The number of para-hydroxylation sites is 3. The van der Waals surface area contributed by atoms with Crippen molar-refractivity contribution in [3.63, 3.8) is 0 Å². The van der Waals surface area contributed by atoms with Gasteiger partial charge >= 0.3 is 0 Å². The van der Waals surface area contributed by atoms with Gasteiger partial charge in [0.25, 0.3) is 5.91 Å². The molecule has 1 N–H and O–H groups in total. The quantitative estimate of drug-likeness (QED) is 0.620. The minimum atomic E-state index is -0.239. The predicted octanol–water partition coefficient (Wildman–Crippen LogP) is 5.23. The van der Waals surface area contributed by atoms with E-state index in [1.807, 2.05) is 79.8 Å². The molecule has 3 aromatic rings. The summed E-state index contributed by atoms with van der Waals surface area (Å²) in [6.07, 6.45) is 0. The lowest BCUT2D eigenvalue weighted by Crippen LogP contribution is -2.33. The highest BCUT2D eigenvalue weighted by molar-refractivity contribution is 6.05. The van der Waals surface area contributed by atoms with Crippen LogP contribution in [0.4, 0.5) is 11.4 Å². The van der Waals surface area contributed by atoms with Gasteiger partial charge in [-0.25, -0.2) is 4.99 Å². The molecule has 0 aliphatic carbocycles. The average molecular weight is 415 g/mol. The molecule has 0 unspecified atom stereocenters. The third kappa shape index (κ3) is 4.69. The Morgan fingerprint density at radius 1 is 1.03 bits per heavy atom. The lowest BCUT2D eigenvalue weighted by Gasteiger charge is -2.26. The second-order valence-electron chi connectivity index (χ2n) is 7.57. The predicted molar refractivity (Wildman–Crippen MR) is 123 cm³/mol. The van der Waals surface area contributed by atoms with E-state index in [2.05, 4.69) is 24.1 Å². The molecule has 4 rings (SSSR count). The first-order chi connectivity index (χ1) is 15.0. The highest BCUT2D eigenvalue weighted by atomic mass is 16.5. The van der Waals surface area contributed by atoms with Crippen LogP contribution in [0, 0.1) is 0 Å². The fourth-order valence-electron chi connectivity index (χ4n) is 3.18. The number of amidine groups is 1. The Labute approximate surface area is 182 Å². The molecule has 6 nitrogen and oxygen atoms in total. The maximum atomic E-state index is 12.4. The Morgan fingerprint density at radius 2 is 1.77 bits per heavy atom. The smallest absolute Gasteiger partial charge is 0.262 e. The van der Waals surface area contributed by atoms with Gasteiger partial charge < -0.3 is 19.7 Å². The van der Waals surface area contributed by atoms with Gasteiger partial charge in [-0.05, 0) is 56.3 Å². The summed E-state index contributed by atoms with van der Waals surface area (Å²) in [5, 5.41) is 2.90. The van der Waals surface area contributed by atoms with Crippen molar-refractivity contribution >= 4 is 23.1 Å². The van der Waals surface area contributed by atoms with E-state index in [1.54, 1.807) is 0 Å². The third-order valence-electron chi connectivity index (χ3n) is 5.04. The Kier molecular flexibility index (Phi) is 5.89. The van der Waals surface area contributed by atoms with Crippen LogP contribution in [0.15, 0.2) is 77.8 Å². The van der Waals surface area contributed by atoms with Gasteiger partial charge in [0.15, 0.2) is 12.4 Å². The summed E-state index contributed by atoms with van der Waals surface area (Å²) < 4.78 is 11.7. The van der Waals surface area contributed by atoms with Crippen molar-refractivity contribution in [2.24, 2.45) is 4.99 Å². The van der Waals surface area contributed by atoms with Crippen molar-refractivity contribution in [2.45, 2.75) is 19.9 Å². The molecule has 0 bridgehead atoms. The minimum absolute atomic E-state index is 0.0735. The van der Waals surface area contributed by atoms with Gasteiger partial charge in [-0.15, -0.1) is 0 Å². The fraction of sp³-hybridized carbons (Fsp3) is 0.200. The number of anilines is 1. The van der Waals surface area contributed by atoms with Gasteiger partial charge in [0.2, 0.25) is 0 Å². The molecule has 1 aliphatic heterocycles. The number of amides is 1. The monoisotopic (exact) mass is 415 g/mol. The molecule has 0 saturated carbocycles. The average Bonchev–Trinajstić information content (AvgIpc) is 2.94.